The summed E-state index contributed by atoms with van der Waals surface area (Å²) < 4.78 is 0. The Labute approximate surface area is 42.3 Å². The number of allylic oxidation sites excluding steroid dienone is 1. The molecule has 0 atom stereocenters. The van der Waals surface area contributed by atoms with Crippen LogP contribution in [0.2, 0.25) is 0 Å². The highest BCUT2D eigenvalue weighted by molar-refractivity contribution is 5.61. The minimum atomic E-state index is 0.884. The fourth-order valence-corrected chi connectivity index (χ4v) is 0.344. The molecule has 0 aromatic carbocycles. The topological polar surface area (TPSA) is 24.4 Å². The number of nitrogens with one attached hydrogen (secondary N) is 1. The van der Waals surface area contributed by atoms with Gasteiger partial charge in [0, 0.05) is 11.9 Å². The second kappa shape index (κ2) is 1.60. The van der Waals surface area contributed by atoms with E-state index in [2.05, 4.69) is 16.9 Å². The molecule has 0 saturated heterocycles. The fraction of sp³-hybridized carbons (Fsp3) is 0. The van der Waals surface area contributed by atoms with E-state index in [0.717, 1.165) is 5.70 Å². The summed E-state index contributed by atoms with van der Waals surface area (Å²) in [5, 5.41) is 2.81. The summed E-state index contributed by atoms with van der Waals surface area (Å²) in [7, 11) is 0. The summed E-state index contributed by atoms with van der Waals surface area (Å²) >= 11 is 0. The molecule has 0 amide bonds. The molecule has 0 spiro atoms. The lowest BCUT2D eigenvalue weighted by molar-refractivity contribution is 1.18. The van der Waals surface area contributed by atoms with Gasteiger partial charge in [0.05, 0.1) is 6.34 Å². The van der Waals surface area contributed by atoms with E-state index in [-0.39, 0.29) is 0 Å². The molecular weight excluding hydrogens is 88.1 g/mol. The Kier molecular flexibility index (Phi) is 0.941. The van der Waals surface area contributed by atoms with Crippen LogP contribution in [0, 0.1) is 0 Å². The van der Waals surface area contributed by atoms with Crippen LogP contribution in [-0.4, -0.2) is 6.34 Å². The van der Waals surface area contributed by atoms with Gasteiger partial charge in [0.1, 0.15) is 0 Å². The van der Waals surface area contributed by atoms with E-state index in [9.17, 15) is 0 Å². The maximum atomic E-state index is 3.75. The molecule has 1 N–H and O–H groups in total. The Hall–Kier alpha value is -1.05. The van der Waals surface area contributed by atoms with Crippen LogP contribution in [0.5, 0.6) is 0 Å². The van der Waals surface area contributed by atoms with Crippen molar-refractivity contribution in [2.45, 2.75) is 0 Å². The molecule has 0 bridgehead atoms. The predicted molar refractivity (Wildman–Crippen MR) is 29.9 cm³/mol. The zero-order valence-electron chi connectivity index (χ0n) is 3.89. The van der Waals surface area contributed by atoms with Gasteiger partial charge in [-0.25, -0.2) is 4.99 Å². The molecule has 2 nitrogen and oxygen atoms in total. The second-order valence-electron chi connectivity index (χ2n) is 1.26. The maximum Gasteiger partial charge on any atom is 0.0922 e. The first-order valence-electron chi connectivity index (χ1n) is 2.03. The van der Waals surface area contributed by atoms with Crippen LogP contribution in [0.1, 0.15) is 0 Å². The van der Waals surface area contributed by atoms with Gasteiger partial charge in [0.25, 0.3) is 0 Å². The van der Waals surface area contributed by atoms with Gasteiger partial charge in [-0.15, -0.1) is 0 Å². The van der Waals surface area contributed by atoms with Crippen LogP contribution >= 0.6 is 0 Å². The molecule has 1 heterocycles. The molecule has 0 aliphatic carbocycles. The SMILES string of the molecule is C=C1C=CN=CN1. The van der Waals surface area contributed by atoms with Crippen molar-refractivity contribution in [3.05, 3.63) is 24.6 Å². The Morgan fingerprint density at radius 3 is 2.86 bits per heavy atom. The third-order valence-electron chi connectivity index (χ3n) is 0.686. The summed E-state index contributed by atoms with van der Waals surface area (Å²) in [6.45, 7) is 3.62. The van der Waals surface area contributed by atoms with Crippen molar-refractivity contribution in [3.8, 4) is 0 Å². The zero-order chi connectivity index (χ0) is 5.11. The molecule has 7 heavy (non-hydrogen) atoms. The van der Waals surface area contributed by atoms with Crippen molar-refractivity contribution in [2.75, 3.05) is 0 Å². The monoisotopic (exact) mass is 94.1 g/mol. The number of nitrogens with zero attached hydrogens (tertiary/aromatic N) is 1. The van der Waals surface area contributed by atoms with E-state index in [0.29, 0.717) is 0 Å². The number of hydrogen-bond donors (Lipinski definition) is 1. The van der Waals surface area contributed by atoms with Gasteiger partial charge in [-0.3, -0.25) is 0 Å². The maximum absolute atomic E-state index is 3.75. The Bertz CT molecular complexity index is 133. The number of rotatable bonds is 0. The van der Waals surface area contributed by atoms with Crippen LogP contribution in [0.25, 0.3) is 0 Å². The zero-order valence-corrected chi connectivity index (χ0v) is 3.89. The summed E-state index contributed by atoms with van der Waals surface area (Å²) in [4.78, 5) is 3.75. The summed E-state index contributed by atoms with van der Waals surface area (Å²) in [6, 6.07) is 0. The highest BCUT2D eigenvalue weighted by Crippen LogP contribution is 1.88. The minimum absolute atomic E-state index is 0.884. The van der Waals surface area contributed by atoms with Crippen LogP contribution in [-0.2, 0) is 0 Å². The Morgan fingerprint density at radius 1 is 1.71 bits per heavy atom. The standard InChI is InChI=1S/C5H6N2/c1-5-2-3-6-4-7-5/h2-4H,1H2,(H,6,7). The largest absolute Gasteiger partial charge is 0.347 e. The van der Waals surface area contributed by atoms with E-state index in [1.165, 1.54) is 0 Å². The van der Waals surface area contributed by atoms with Gasteiger partial charge in [-0.2, -0.15) is 0 Å². The van der Waals surface area contributed by atoms with Crippen molar-refractivity contribution in [1.82, 2.24) is 5.32 Å². The molecule has 0 fully saturated rings. The van der Waals surface area contributed by atoms with Crippen LogP contribution in [0.3, 0.4) is 0 Å². The lowest BCUT2D eigenvalue weighted by Crippen LogP contribution is -2.08. The molecule has 0 aromatic heterocycles. The number of aliphatic imine (C=N–C) groups is 1. The van der Waals surface area contributed by atoms with Crippen molar-refractivity contribution >= 4 is 6.34 Å². The number of hydrogen-bond acceptors (Lipinski definition) is 2. The third-order valence-corrected chi connectivity index (χ3v) is 0.686. The van der Waals surface area contributed by atoms with Crippen LogP contribution < -0.4 is 5.32 Å². The Balaban J connectivity index is 2.66. The van der Waals surface area contributed by atoms with E-state index >= 15 is 0 Å². The lowest BCUT2D eigenvalue weighted by atomic mass is 10.4. The van der Waals surface area contributed by atoms with Gasteiger partial charge in [0.2, 0.25) is 0 Å². The van der Waals surface area contributed by atoms with Crippen molar-refractivity contribution < 1.29 is 0 Å². The van der Waals surface area contributed by atoms with E-state index < -0.39 is 0 Å². The Morgan fingerprint density at radius 2 is 2.57 bits per heavy atom. The van der Waals surface area contributed by atoms with Gasteiger partial charge >= 0.3 is 0 Å². The smallest absolute Gasteiger partial charge is 0.0922 e. The molecule has 0 unspecified atom stereocenters. The highest BCUT2D eigenvalue weighted by atomic mass is 15.0. The molecule has 1 aliphatic rings. The average Bonchev–Trinajstić information content (AvgIpc) is 1.69. The molecule has 0 aromatic rings. The van der Waals surface area contributed by atoms with E-state index in [1.54, 1.807) is 18.6 Å². The molecular formula is C5H6N2. The first-order chi connectivity index (χ1) is 3.39. The molecule has 36 valence electrons. The normalized spacial score (nSPS) is 16.9. The first-order valence-corrected chi connectivity index (χ1v) is 2.03. The molecule has 1 aliphatic heterocycles. The van der Waals surface area contributed by atoms with Crippen LogP contribution in [0.4, 0.5) is 0 Å². The fourth-order valence-electron chi connectivity index (χ4n) is 0.344. The highest BCUT2D eigenvalue weighted by Gasteiger charge is 1.82. The lowest BCUT2D eigenvalue weighted by Gasteiger charge is -1.98. The van der Waals surface area contributed by atoms with Gasteiger partial charge in [-0.05, 0) is 6.08 Å². The third kappa shape index (κ3) is 0.892. The molecule has 1 rings (SSSR count). The summed E-state index contributed by atoms with van der Waals surface area (Å²) in [6.07, 6.45) is 5.10. The predicted octanol–water partition coefficient (Wildman–Crippen LogP) is 0.645. The van der Waals surface area contributed by atoms with Gasteiger partial charge in [-0.1, -0.05) is 6.58 Å². The van der Waals surface area contributed by atoms with Gasteiger partial charge in [0.15, 0.2) is 0 Å². The average molecular weight is 94.1 g/mol. The molecule has 2 heteroatoms. The summed E-state index contributed by atoms with van der Waals surface area (Å²) in [5.41, 5.74) is 0.884. The quantitative estimate of drug-likeness (QED) is 0.468. The van der Waals surface area contributed by atoms with Crippen molar-refractivity contribution in [1.29, 1.82) is 0 Å². The van der Waals surface area contributed by atoms with Crippen LogP contribution in [0.15, 0.2) is 29.5 Å². The van der Waals surface area contributed by atoms with E-state index in [4.69, 9.17) is 0 Å². The molecule has 0 saturated carbocycles. The molecule has 0 radical (unpaired) electrons. The van der Waals surface area contributed by atoms with E-state index in [1.807, 2.05) is 0 Å². The van der Waals surface area contributed by atoms with Crippen molar-refractivity contribution in [2.24, 2.45) is 4.99 Å². The first kappa shape index (κ1) is 4.12. The summed E-state index contributed by atoms with van der Waals surface area (Å²) in [5.74, 6) is 0. The second-order valence-corrected chi connectivity index (χ2v) is 1.26. The van der Waals surface area contributed by atoms with Gasteiger partial charge < -0.3 is 5.32 Å². The van der Waals surface area contributed by atoms with Crippen molar-refractivity contribution in [3.63, 3.8) is 0 Å². The minimum Gasteiger partial charge on any atom is -0.347 e.